The van der Waals surface area contributed by atoms with Crippen LogP contribution >= 0.6 is 22.6 Å². The lowest BCUT2D eigenvalue weighted by Gasteiger charge is -2.29. The monoisotopic (exact) mass is 332 g/mol. The fourth-order valence-electron chi connectivity index (χ4n) is 1.30. The Morgan fingerprint density at radius 2 is 1.88 bits per heavy atom. The van der Waals surface area contributed by atoms with Crippen molar-refractivity contribution in [2.45, 2.75) is 32.7 Å². The summed E-state index contributed by atoms with van der Waals surface area (Å²) in [6, 6.07) is 8.06. The van der Waals surface area contributed by atoms with Crippen molar-refractivity contribution in [1.29, 1.82) is 0 Å². The quantitative estimate of drug-likeness (QED) is 0.520. The normalized spacial score (nSPS) is 13.6. The van der Waals surface area contributed by atoms with Crippen molar-refractivity contribution in [3.8, 4) is 0 Å². The first-order valence-corrected chi connectivity index (χ1v) is 6.18. The molecule has 16 heavy (non-hydrogen) atoms. The Balaban J connectivity index is 2.84. The van der Waals surface area contributed by atoms with E-state index in [-0.39, 0.29) is 0 Å². The van der Waals surface area contributed by atoms with E-state index < -0.39 is 11.9 Å². The van der Waals surface area contributed by atoms with E-state index >= 15 is 0 Å². The number of aliphatic hydroxyl groups excluding tert-OH is 1. The first-order chi connectivity index (χ1) is 7.33. The lowest BCUT2D eigenvalue weighted by Crippen LogP contribution is -2.28. The molecule has 2 nitrogen and oxygen atoms in total. The highest BCUT2D eigenvalue weighted by molar-refractivity contribution is 14.1. The van der Waals surface area contributed by atoms with Crippen LogP contribution in [0.25, 0.3) is 0 Å². The molecular weight excluding hydrogens is 315 g/mol. The van der Waals surface area contributed by atoms with Gasteiger partial charge in [0.15, 0.2) is 6.29 Å². The number of benzene rings is 1. The minimum absolute atomic E-state index is 0.525. The molecule has 0 spiro atoms. The fourth-order valence-corrected chi connectivity index (χ4v) is 1.66. The molecule has 0 aromatic heterocycles. The molecule has 0 aliphatic rings. The molecular formula is C13H17IO2. The number of hydrogen-bond acceptors (Lipinski definition) is 2. The molecule has 0 aliphatic carbocycles. The molecule has 0 amide bonds. The van der Waals surface area contributed by atoms with E-state index in [1.54, 1.807) is 6.92 Å². The van der Waals surface area contributed by atoms with Gasteiger partial charge in [0.1, 0.15) is 0 Å². The van der Waals surface area contributed by atoms with Crippen LogP contribution in [0.5, 0.6) is 0 Å². The highest BCUT2D eigenvalue weighted by Crippen LogP contribution is 2.27. The Labute approximate surface area is 110 Å². The van der Waals surface area contributed by atoms with Crippen molar-refractivity contribution in [2.75, 3.05) is 0 Å². The molecule has 0 radical (unpaired) electrons. The first-order valence-electron chi connectivity index (χ1n) is 5.10. The lowest BCUT2D eigenvalue weighted by molar-refractivity contribution is -0.156. The van der Waals surface area contributed by atoms with Crippen LogP contribution in [0.15, 0.2) is 36.4 Å². The predicted octanol–water partition coefficient (Wildman–Crippen LogP) is 3.44. The van der Waals surface area contributed by atoms with Gasteiger partial charge in [0.05, 0.1) is 5.60 Å². The lowest BCUT2D eigenvalue weighted by atomic mass is 9.98. The highest BCUT2D eigenvalue weighted by atomic mass is 127. The van der Waals surface area contributed by atoms with Gasteiger partial charge in [0, 0.05) is 3.57 Å². The van der Waals surface area contributed by atoms with Crippen LogP contribution in [0.2, 0.25) is 0 Å². The zero-order valence-electron chi connectivity index (χ0n) is 9.83. The number of ether oxygens (including phenoxy) is 1. The second-order valence-electron chi connectivity index (χ2n) is 4.33. The molecule has 88 valence electrons. The van der Waals surface area contributed by atoms with Crippen LogP contribution in [0.1, 0.15) is 26.3 Å². The summed E-state index contributed by atoms with van der Waals surface area (Å²) < 4.78 is 6.76. The summed E-state index contributed by atoms with van der Waals surface area (Å²) in [6.45, 7) is 9.28. The second-order valence-corrected chi connectivity index (χ2v) is 5.58. The molecule has 0 bridgehead atoms. The Hall–Kier alpha value is -0.390. The van der Waals surface area contributed by atoms with E-state index in [4.69, 9.17) is 4.74 Å². The summed E-state index contributed by atoms with van der Waals surface area (Å²) in [4.78, 5) is 0. The topological polar surface area (TPSA) is 29.5 Å². The molecule has 0 saturated carbocycles. The maximum absolute atomic E-state index is 9.65. The molecule has 3 heteroatoms. The zero-order chi connectivity index (χ0) is 12.3. The maximum atomic E-state index is 9.65. The van der Waals surface area contributed by atoms with E-state index in [1.807, 2.05) is 38.1 Å². The van der Waals surface area contributed by atoms with Crippen molar-refractivity contribution >= 4 is 22.6 Å². The van der Waals surface area contributed by atoms with Crippen LogP contribution in [0, 0.1) is 3.57 Å². The van der Waals surface area contributed by atoms with Crippen LogP contribution in [0.4, 0.5) is 0 Å². The van der Waals surface area contributed by atoms with E-state index in [9.17, 15) is 5.11 Å². The van der Waals surface area contributed by atoms with Crippen molar-refractivity contribution < 1.29 is 9.84 Å². The predicted molar refractivity (Wildman–Crippen MR) is 74.1 cm³/mol. The Kier molecular flexibility index (Phi) is 4.52. The van der Waals surface area contributed by atoms with E-state index in [0.29, 0.717) is 5.57 Å². The summed E-state index contributed by atoms with van der Waals surface area (Å²) in [5.41, 5.74) is 1.12. The first kappa shape index (κ1) is 13.7. The molecule has 1 unspecified atom stereocenters. The van der Waals surface area contributed by atoms with Gasteiger partial charge in [-0.1, -0.05) is 18.7 Å². The summed E-state index contributed by atoms with van der Waals surface area (Å²) in [7, 11) is 0. The fraction of sp³-hybridized carbons (Fsp3) is 0.385. The molecule has 0 heterocycles. The van der Waals surface area contributed by atoms with E-state index in [2.05, 4.69) is 29.2 Å². The van der Waals surface area contributed by atoms with Gasteiger partial charge < -0.3 is 9.84 Å². The Morgan fingerprint density at radius 3 is 2.31 bits per heavy atom. The smallest absolute Gasteiger partial charge is 0.177 e. The second kappa shape index (κ2) is 5.29. The number of aliphatic hydroxyl groups is 1. The Bertz CT molecular complexity index is 368. The average molecular weight is 332 g/mol. The van der Waals surface area contributed by atoms with Gasteiger partial charge in [-0.3, -0.25) is 0 Å². The van der Waals surface area contributed by atoms with Crippen molar-refractivity contribution in [2.24, 2.45) is 0 Å². The van der Waals surface area contributed by atoms with E-state index in [0.717, 1.165) is 5.56 Å². The van der Waals surface area contributed by atoms with Crippen molar-refractivity contribution in [1.82, 2.24) is 0 Å². The minimum atomic E-state index is -0.922. The third-order valence-corrected chi connectivity index (χ3v) is 3.09. The van der Waals surface area contributed by atoms with Gasteiger partial charge in [-0.05, 0) is 66.6 Å². The maximum Gasteiger partial charge on any atom is 0.177 e. The summed E-state index contributed by atoms with van der Waals surface area (Å²) in [6.07, 6.45) is -0.922. The molecule has 1 atom stereocenters. The molecule has 0 saturated heterocycles. The third-order valence-electron chi connectivity index (χ3n) is 2.37. The van der Waals surface area contributed by atoms with Gasteiger partial charge in [-0.25, -0.2) is 0 Å². The van der Waals surface area contributed by atoms with E-state index in [1.165, 1.54) is 3.57 Å². The summed E-state index contributed by atoms with van der Waals surface area (Å²) in [5.74, 6) is 0. The number of hydrogen-bond donors (Lipinski definition) is 1. The van der Waals surface area contributed by atoms with Crippen molar-refractivity contribution in [3.05, 3.63) is 45.6 Å². The van der Waals surface area contributed by atoms with Crippen molar-refractivity contribution in [3.63, 3.8) is 0 Å². The van der Waals surface area contributed by atoms with Crippen LogP contribution in [0.3, 0.4) is 0 Å². The SMILES string of the molecule is C=C(C)C(O)OC(C)(C)c1ccc(I)cc1. The third kappa shape index (κ3) is 3.57. The molecule has 1 N–H and O–H groups in total. The van der Waals surface area contributed by atoms with Gasteiger partial charge in [-0.15, -0.1) is 0 Å². The summed E-state index contributed by atoms with van der Waals surface area (Å²) >= 11 is 2.26. The van der Waals surface area contributed by atoms with Crippen LogP contribution < -0.4 is 0 Å². The zero-order valence-corrected chi connectivity index (χ0v) is 12.0. The molecule has 1 aromatic rings. The Morgan fingerprint density at radius 1 is 1.38 bits per heavy atom. The van der Waals surface area contributed by atoms with Crippen LogP contribution in [-0.2, 0) is 10.3 Å². The molecule has 1 aromatic carbocycles. The van der Waals surface area contributed by atoms with Gasteiger partial charge in [-0.2, -0.15) is 0 Å². The minimum Gasteiger partial charge on any atom is -0.364 e. The standard InChI is InChI=1S/C13H17IO2/c1-9(2)12(15)16-13(3,4)10-5-7-11(14)8-6-10/h5-8,12,15H,1H2,2-4H3. The van der Waals surface area contributed by atoms with Gasteiger partial charge in [0.25, 0.3) is 0 Å². The van der Waals surface area contributed by atoms with Gasteiger partial charge >= 0.3 is 0 Å². The highest BCUT2D eigenvalue weighted by Gasteiger charge is 2.24. The molecule has 1 rings (SSSR count). The molecule has 0 fully saturated rings. The summed E-state index contributed by atoms with van der Waals surface area (Å²) in [5, 5.41) is 9.65. The average Bonchev–Trinajstić information content (AvgIpc) is 2.17. The molecule has 0 aliphatic heterocycles. The largest absolute Gasteiger partial charge is 0.364 e. The van der Waals surface area contributed by atoms with Crippen LogP contribution in [-0.4, -0.2) is 11.4 Å². The van der Waals surface area contributed by atoms with Gasteiger partial charge in [0.2, 0.25) is 0 Å². The number of rotatable bonds is 4. The number of halogens is 1.